The highest BCUT2D eigenvalue weighted by Crippen LogP contribution is 2.34. The molecule has 0 atom stereocenters. The molecular weight excluding hydrogens is 355 g/mol. The summed E-state index contributed by atoms with van der Waals surface area (Å²) in [6.07, 6.45) is 6.27. The normalized spacial score (nSPS) is 11.3. The predicted octanol–water partition coefficient (Wildman–Crippen LogP) is 5.77. The molecule has 0 saturated carbocycles. The molecule has 1 rings (SSSR count). The number of halogens is 2. The Morgan fingerprint density at radius 1 is 0.920 bits per heavy atom. The molecule has 5 heteroatoms. The summed E-state index contributed by atoms with van der Waals surface area (Å²) in [4.78, 5) is 2.60. The first kappa shape index (κ1) is 22.6. The second-order valence-corrected chi connectivity index (χ2v) is 7.22. The third-order valence-corrected chi connectivity index (χ3v) is 4.72. The monoisotopic (exact) mass is 388 g/mol. The molecule has 25 heavy (non-hydrogen) atoms. The highest BCUT2D eigenvalue weighted by molar-refractivity contribution is 6.37. The van der Waals surface area contributed by atoms with Gasteiger partial charge in [-0.05, 0) is 70.1 Å². The van der Waals surface area contributed by atoms with Gasteiger partial charge in [-0.3, -0.25) is 0 Å². The summed E-state index contributed by atoms with van der Waals surface area (Å²) in [6.45, 7) is 12.4. The van der Waals surface area contributed by atoms with Crippen LogP contribution in [0.5, 0.6) is 5.75 Å². The summed E-state index contributed by atoms with van der Waals surface area (Å²) in [5.74, 6) is 0.581. The summed E-state index contributed by atoms with van der Waals surface area (Å²) < 4.78 is 5.47. The van der Waals surface area contributed by atoms with Crippen molar-refractivity contribution in [3.05, 3.63) is 27.7 Å². The van der Waals surface area contributed by atoms with Crippen molar-refractivity contribution in [1.29, 1.82) is 0 Å². The zero-order chi connectivity index (χ0) is 18.5. The number of benzene rings is 1. The Bertz CT molecular complexity index is 452. The molecule has 0 saturated heterocycles. The minimum atomic E-state index is 0.559. The maximum atomic E-state index is 6.25. The van der Waals surface area contributed by atoms with Crippen molar-refractivity contribution in [2.24, 2.45) is 0 Å². The summed E-state index contributed by atoms with van der Waals surface area (Å²) in [5, 5.41) is 4.65. The van der Waals surface area contributed by atoms with Crippen molar-refractivity contribution in [1.82, 2.24) is 10.2 Å². The number of nitrogens with zero attached hydrogens (tertiary/aromatic N) is 1. The van der Waals surface area contributed by atoms with Gasteiger partial charge in [0.25, 0.3) is 0 Å². The number of ether oxygens (including phenoxy) is 1. The van der Waals surface area contributed by atoms with Crippen molar-refractivity contribution in [3.8, 4) is 5.75 Å². The standard InChI is InChI=1S/C20H34Cl2N2O/c1-4-7-11-24(12-8-5-2)13-9-10-23-16-17-14-18(21)20(25-6-3)19(22)15-17/h14-15,23H,4-13,16H2,1-3H3. The molecule has 1 aromatic rings. The summed E-state index contributed by atoms with van der Waals surface area (Å²) in [7, 11) is 0. The van der Waals surface area contributed by atoms with Crippen LogP contribution in [0.25, 0.3) is 0 Å². The number of unbranched alkanes of at least 4 members (excludes halogenated alkanes) is 2. The van der Waals surface area contributed by atoms with Crippen LogP contribution in [0.15, 0.2) is 12.1 Å². The van der Waals surface area contributed by atoms with Crippen molar-refractivity contribution in [3.63, 3.8) is 0 Å². The van der Waals surface area contributed by atoms with Gasteiger partial charge in [-0.25, -0.2) is 0 Å². The van der Waals surface area contributed by atoms with Gasteiger partial charge in [-0.1, -0.05) is 49.9 Å². The lowest BCUT2D eigenvalue weighted by atomic mass is 10.2. The van der Waals surface area contributed by atoms with Gasteiger partial charge in [0.1, 0.15) is 0 Å². The van der Waals surface area contributed by atoms with E-state index in [9.17, 15) is 0 Å². The first-order valence-electron chi connectivity index (χ1n) is 9.66. The molecule has 1 aromatic carbocycles. The molecule has 0 amide bonds. The van der Waals surface area contributed by atoms with Crippen LogP contribution in [-0.2, 0) is 6.54 Å². The van der Waals surface area contributed by atoms with E-state index < -0.39 is 0 Å². The molecule has 1 N–H and O–H groups in total. The number of hydrogen-bond donors (Lipinski definition) is 1. The Hall–Kier alpha value is -0.480. The van der Waals surface area contributed by atoms with E-state index >= 15 is 0 Å². The third-order valence-electron chi connectivity index (χ3n) is 4.16. The van der Waals surface area contributed by atoms with E-state index in [-0.39, 0.29) is 0 Å². The molecule has 0 radical (unpaired) electrons. The van der Waals surface area contributed by atoms with Crippen molar-refractivity contribution >= 4 is 23.2 Å². The molecule has 0 fully saturated rings. The molecular formula is C20H34Cl2N2O. The second-order valence-electron chi connectivity index (χ2n) is 6.40. The van der Waals surface area contributed by atoms with Gasteiger partial charge in [-0.15, -0.1) is 0 Å². The zero-order valence-electron chi connectivity index (χ0n) is 16.0. The number of rotatable bonds is 14. The van der Waals surface area contributed by atoms with Crippen LogP contribution in [0.2, 0.25) is 10.0 Å². The topological polar surface area (TPSA) is 24.5 Å². The van der Waals surface area contributed by atoms with Crippen LogP contribution in [0.3, 0.4) is 0 Å². The van der Waals surface area contributed by atoms with Crippen LogP contribution in [0, 0.1) is 0 Å². The highest BCUT2D eigenvalue weighted by Gasteiger charge is 2.09. The second kappa shape index (κ2) is 13.7. The van der Waals surface area contributed by atoms with Gasteiger partial charge in [0.05, 0.1) is 16.7 Å². The summed E-state index contributed by atoms with van der Waals surface area (Å²) in [5.41, 5.74) is 1.09. The highest BCUT2D eigenvalue weighted by atomic mass is 35.5. The maximum Gasteiger partial charge on any atom is 0.156 e. The van der Waals surface area contributed by atoms with Crippen molar-refractivity contribution in [2.75, 3.05) is 32.8 Å². The first-order valence-corrected chi connectivity index (χ1v) is 10.4. The fraction of sp³-hybridized carbons (Fsp3) is 0.700. The van der Waals surface area contributed by atoms with Gasteiger partial charge in [-0.2, -0.15) is 0 Å². The molecule has 0 bridgehead atoms. The van der Waals surface area contributed by atoms with Crippen LogP contribution >= 0.6 is 23.2 Å². The molecule has 0 aromatic heterocycles. The van der Waals surface area contributed by atoms with Gasteiger partial charge in [0.15, 0.2) is 5.75 Å². The van der Waals surface area contributed by atoms with Gasteiger partial charge < -0.3 is 15.0 Å². The molecule has 0 spiro atoms. The third kappa shape index (κ3) is 9.14. The summed E-state index contributed by atoms with van der Waals surface area (Å²) in [6, 6.07) is 3.86. The van der Waals surface area contributed by atoms with E-state index in [0.29, 0.717) is 22.4 Å². The minimum Gasteiger partial charge on any atom is -0.491 e. The van der Waals surface area contributed by atoms with E-state index in [1.807, 2.05) is 19.1 Å². The lowest BCUT2D eigenvalue weighted by Gasteiger charge is -2.22. The molecule has 144 valence electrons. The summed E-state index contributed by atoms with van der Waals surface area (Å²) >= 11 is 12.5. The van der Waals surface area contributed by atoms with Crippen LogP contribution in [0.4, 0.5) is 0 Å². The molecule has 0 heterocycles. The van der Waals surface area contributed by atoms with Crippen LogP contribution < -0.4 is 10.1 Å². The van der Waals surface area contributed by atoms with Crippen molar-refractivity contribution < 1.29 is 4.74 Å². The Balaban J connectivity index is 2.34. The van der Waals surface area contributed by atoms with Gasteiger partial charge in [0, 0.05) is 6.54 Å². The molecule has 3 nitrogen and oxygen atoms in total. The Kier molecular flexibility index (Phi) is 12.4. The SMILES string of the molecule is CCCCN(CCCC)CCCNCc1cc(Cl)c(OCC)c(Cl)c1. The molecule has 0 aliphatic heterocycles. The largest absolute Gasteiger partial charge is 0.491 e. The van der Waals surface area contributed by atoms with E-state index in [1.165, 1.54) is 38.8 Å². The quantitative estimate of drug-likeness (QED) is 0.409. The molecule has 0 unspecified atom stereocenters. The molecule has 0 aliphatic rings. The average Bonchev–Trinajstić information content (AvgIpc) is 2.59. The van der Waals surface area contributed by atoms with Gasteiger partial charge >= 0.3 is 0 Å². The number of nitrogens with one attached hydrogen (secondary N) is 1. The zero-order valence-corrected chi connectivity index (χ0v) is 17.6. The fourth-order valence-corrected chi connectivity index (χ4v) is 3.40. The Labute approximate surface area is 164 Å². The lowest BCUT2D eigenvalue weighted by molar-refractivity contribution is 0.261. The first-order chi connectivity index (χ1) is 12.1. The van der Waals surface area contributed by atoms with Crippen molar-refractivity contribution in [2.45, 2.75) is 59.4 Å². The van der Waals surface area contributed by atoms with E-state index in [2.05, 4.69) is 24.1 Å². The van der Waals surface area contributed by atoms with Crippen LogP contribution in [0.1, 0.15) is 58.4 Å². The number of hydrogen-bond acceptors (Lipinski definition) is 3. The van der Waals surface area contributed by atoms with E-state index in [1.54, 1.807) is 0 Å². The van der Waals surface area contributed by atoms with E-state index in [0.717, 1.165) is 31.6 Å². The lowest BCUT2D eigenvalue weighted by Crippen LogP contribution is -2.29. The predicted molar refractivity (Wildman–Crippen MR) is 110 cm³/mol. The minimum absolute atomic E-state index is 0.559. The molecule has 0 aliphatic carbocycles. The Morgan fingerprint density at radius 3 is 2.00 bits per heavy atom. The van der Waals surface area contributed by atoms with Crippen LogP contribution in [-0.4, -0.2) is 37.7 Å². The smallest absolute Gasteiger partial charge is 0.156 e. The Morgan fingerprint density at radius 2 is 1.48 bits per heavy atom. The van der Waals surface area contributed by atoms with E-state index in [4.69, 9.17) is 27.9 Å². The van der Waals surface area contributed by atoms with Gasteiger partial charge in [0.2, 0.25) is 0 Å². The maximum absolute atomic E-state index is 6.25. The average molecular weight is 389 g/mol. The fourth-order valence-electron chi connectivity index (χ4n) is 2.76.